The third-order valence-electron chi connectivity index (χ3n) is 4.35. The first-order valence-corrected chi connectivity index (χ1v) is 7.93. The van der Waals surface area contributed by atoms with Gasteiger partial charge in [-0.15, -0.1) is 0 Å². The summed E-state index contributed by atoms with van der Waals surface area (Å²) in [5.41, 5.74) is 4.17. The van der Waals surface area contributed by atoms with Crippen LogP contribution in [-0.2, 0) is 6.42 Å². The fraction of sp³-hybridized carbons (Fsp3) is 0.368. The maximum Gasteiger partial charge on any atom is 0.0389 e. The molecule has 1 heterocycles. The van der Waals surface area contributed by atoms with Crippen molar-refractivity contribution in [3.63, 3.8) is 0 Å². The average Bonchev–Trinajstić information content (AvgIpc) is 2.55. The predicted octanol–water partition coefficient (Wildman–Crippen LogP) is 3.81. The van der Waals surface area contributed by atoms with Crippen LogP contribution in [0.4, 0.5) is 5.69 Å². The summed E-state index contributed by atoms with van der Waals surface area (Å²) in [5, 5.41) is 7.27. The zero-order valence-electron chi connectivity index (χ0n) is 12.7. The third kappa shape index (κ3) is 3.64. The highest BCUT2D eigenvalue weighted by Gasteiger charge is 2.16. The van der Waals surface area contributed by atoms with Crippen LogP contribution in [0, 0.1) is 0 Å². The normalized spacial score (nSPS) is 18.6. The van der Waals surface area contributed by atoms with Crippen molar-refractivity contribution in [2.24, 2.45) is 0 Å². The molecule has 21 heavy (non-hydrogen) atoms. The Bertz CT molecular complexity index is 565. The van der Waals surface area contributed by atoms with Crippen molar-refractivity contribution in [1.82, 2.24) is 5.32 Å². The lowest BCUT2D eigenvalue weighted by atomic mass is 9.97. The number of anilines is 1. The van der Waals surface area contributed by atoms with E-state index in [4.69, 9.17) is 0 Å². The summed E-state index contributed by atoms with van der Waals surface area (Å²) >= 11 is 0. The molecule has 2 aromatic carbocycles. The van der Waals surface area contributed by atoms with Crippen molar-refractivity contribution in [1.29, 1.82) is 0 Å². The van der Waals surface area contributed by atoms with E-state index in [0.717, 1.165) is 13.1 Å². The van der Waals surface area contributed by atoms with Crippen molar-refractivity contribution in [2.45, 2.75) is 31.7 Å². The lowest BCUT2D eigenvalue weighted by Crippen LogP contribution is -2.37. The Hall–Kier alpha value is -1.80. The smallest absolute Gasteiger partial charge is 0.0389 e. The lowest BCUT2D eigenvalue weighted by Gasteiger charge is -2.27. The molecular weight excluding hydrogens is 256 g/mol. The molecule has 2 aromatic rings. The first kappa shape index (κ1) is 14.2. The first-order chi connectivity index (χ1) is 10.3. The standard InChI is InChI=1S/C19H24N2/c1-15(16-7-3-2-4-8-16)13-20-14-18-12-11-17-9-5-6-10-19(17)21-18/h2-10,15,18,20-21H,11-14H2,1H3. The molecule has 1 aliphatic rings. The van der Waals surface area contributed by atoms with Crippen LogP contribution in [0.1, 0.15) is 30.4 Å². The van der Waals surface area contributed by atoms with E-state index in [0.29, 0.717) is 12.0 Å². The highest BCUT2D eigenvalue weighted by molar-refractivity contribution is 5.53. The van der Waals surface area contributed by atoms with E-state index >= 15 is 0 Å². The van der Waals surface area contributed by atoms with Crippen LogP contribution in [-0.4, -0.2) is 19.1 Å². The molecule has 0 radical (unpaired) electrons. The largest absolute Gasteiger partial charge is 0.381 e. The lowest BCUT2D eigenvalue weighted by molar-refractivity contribution is 0.537. The number of para-hydroxylation sites is 1. The quantitative estimate of drug-likeness (QED) is 0.870. The van der Waals surface area contributed by atoms with Gasteiger partial charge in [-0.1, -0.05) is 55.5 Å². The Morgan fingerprint density at radius 1 is 1.10 bits per heavy atom. The molecule has 2 nitrogen and oxygen atoms in total. The summed E-state index contributed by atoms with van der Waals surface area (Å²) < 4.78 is 0. The van der Waals surface area contributed by atoms with Gasteiger partial charge in [-0.2, -0.15) is 0 Å². The molecule has 0 amide bonds. The number of aryl methyl sites for hydroxylation is 1. The van der Waals surface area contributed by atoms with E-state index < -0.39 is 0 Å². The molecule has 0 saturated heterocycles. The van der Waals surface area contributed by atoms with Gasteiger partial charge in [0, 0.05) is 24.8 Å². The van der Waals surface area contributed by atoms with Gasteiger partial charge in [0.2, 0.25) is 0 Å². The highest BCUT2D eigenvalue weighted by Crippen LogP contribution is 2.24. The summed E-state index contributed by atoms with van der Waals surface area (Å²) in [4.78, 5) is 0. The van der Waals surface area contributed by atoms with E-state index in [1.54, 1.807) is 0 Å². The highest BCUT2D eigenvalue weighted by atomic mass is 15.0. The first-order valence-electron chi connectivity index (χ1n) is 7.93. The molecule has 2 N–H and O–H groups in total. The van der Waals surface area contributed by atoms with E-state index in [2.05, 4.69) is 72.2 Å². The van der Waals surface area contributed by atoms with E-state index in [9.17, 15) is 0 Å². The number of nitrogens with one attached hydrogen (secondary N) is 2. The van der Waals surface area contributed by atoms with E-state index in [1.165, 1.54) is 29.7 Å². The SMILES string of the molecule is CC(CNCC1CCc2ccccc2N1)c1ccccc1. The second-order valence-electron chi connectivity index (χ2n) is 6.01. The second-order valence-corrected chi connectivity index (χ2v) is 6.01. The molecule has 0 aromatic heterocycles. The zero-order valence-corrected chi connectivity index (χ0v) is 12.7. The topological polar surface area (TPSA) is 24.1 Å². The minimum absolute atomic E-state index is 0.544. The van der Waals surface area contributed by atoms with Crippen molar-refractivity contribution in [3.8, 4) is 0 Å². The Balaban J connectivity index is 1.47. The van der Waals surface area contributed by atoms with Crippen molar-refractivity contribution < 1.29 is 0 Å². The van der Waals surface area contributed by atoms with Gasteiger partial charge in [0.1, 0.15) is 0 Å². The number of rotatable bonds is 5. The van der Waals surface area contributed by atoms with Gasteiger partial charge in [0.25, 0.3) is 0 Å². The Kier molecular flexibility index (Phi) is 4.56. The van der Waals surface area contributed by atoms with Crippen LogP contribution in [0.25, 0.3) is 0 Å². The van der Waals surface area contributed by atoms with Gasteiger partial charge >= 0.3 is 0 Å². The number of hydrogen-bond donors (Lipinski definition) is 2. The minimum atomic E-state index is 0.544. The maximum absolute atomic E-state index is 3.65. The van der Waals surface area contributed by atoms with Crippen LogP contribution in [0.5, 0.6) is 0 Å². The van der Waals surface area contributed by atoms with Gasteiger partial charge < -0.3 is 10.6 Å². The fourth-order valence-electron chi connectivity index (χ4n) is 3.03. The summed E-state index contributed by atoms with van der Waals surface area (Å²) in [5.74, 6) is 0.557. The van der Waals surface area contributed by atoms with Gasteiger partial charge in [-0.05, 0) is 36.0 Å². The molecular formula is C19H24N2. The molecule has 0 bridgehead atoms. The molecule has 2 heteroatoms. The summed E-state index contributed by atoms with van der Waals surface area (Å²) in [7, 11) is 0. The van der Waals surface area contributed by atoms with E-state index in [-0.39, 0.29) is 0 Å². The summed E-state index contributed by atoms with van der Waals surface area (Å²) in [6.07, 6.45) is 2.40. The van der Waals surface area contributed by atoms with Crippen molar-refractivity contribution in [2.75, 3.05) is 18.4 Å². The third-order valence-corrected chi connectivity index (χ3v) is 4.35. The van der Waals surface area contributed by atoms with Gasteiger partial charge in [-0.3, -0.25) is 0 Å². The number of fused-ring (bicyclic) bond motifs is 1. The van der Waals surface area contributed by atoms with Crippen LogP contribution < -0.4 is 10.6 Å². The predicted molar refractivity (Wildman–Crippen MR) is 89.9 cm³/mol. The number of hydrogen-bond acceptors (Lipinski definition) is 2. The minimum Gasteiger partial charge on any atom is -0.381 e. The van der Waals surface area contributed by atoms with Crippen molar-refractivity contribution >= 4 is 5.69 Å². The fourth-order valence-corrected chi connectivity index (χ4v) is 3.03. The van der Waals surface area contributed by atoms with E-state index in [1.807, 2.05) is 0 Å². The zero-order chi connectivity index (χ0) is 14.5. The Morgan fingerprint density at radius 2 is 1.86 bits per heavy atom. The van der Waals surface area contributed by atoms with Gasteiger partial charge in [-0.25, -0.2) is 0 Å². The van der Waals surface area contributed by atoms with Crippen molar-refractivity contribution in [3.05, 3.63) is 65.7 Å². The summed E-state index contributed by atoms with van der Waals surface area (Å²) in [6.45, 7) is 4.35. The monoisotopic (exact) mass is 280 g/mol. The molecule has 2 atom stereocenters. The van der Waals surface area contributed by atoms with Gasteiger partial charge in [0.15, 0.2) is 0 Å². The molecule has 2 unspecified atom stereocenters. The maximum atomic E-state index is 3.65. The van der Waals surface area contributed by atoms with Crippen LogP contribution >= 0.6 is 0 Å². The molecule has 0 spiro atoms. The Labute approximate surface area is 127 Å². The molecule has 110 valence electrons. The molecule has 0 fully saturated rings. The molecule has 0 saturated carbocycles. The van der Waals surface area contributed by atoms with Gasteiger partial charge in [0.05, 0.1) is 0 Å². The number of benzene rings is 2. The van der Waals surface area contributed by atoms with Crippen LogP contribution in [0.2, 0.25) is 0 Å². The molecule has 1 aliphatic heterocycles. The molecule has 3 rings (SSSR count). The van der Waals surface area contributed by atoms with Crippen LogP contribution in [0.3, 0.4) is 0 Å². The Morgan fingerprint density at radius 3 is 2.71 bits per heavy atom. The molecule has 0 aliphatic carbocycles. The second kappa shape index (κ2) is 6.77. The average molecular weight is 280 g/mol. The summed E-state index contributed by atoms with van der Waals surface area (Å²) in [6, 6.07) is 19.9. The van der Waals surface area contributed by atoms with Crippen LogP contribution in [0.15, 0.2) is 54.6 Å².